The highest BCUT2D eigenvalue weighted by Gasteiger charge is 2.12. The van der Waals surface area contributed by atoms with Crippen LogP contribution in [0.15, 0.2) is 36.7 Å². The number of methoxy groups -OCH3 is 1. The molecule has 0 aliphatic carbocycles. The molecule has 0 atom stereocenters. The lowest BCUT2D eigenvalue weighted by molar-refractivity contribution is 0.0600. The number of ether oxygens (including phenoxy) is 1. The summed E-state index contributed by atoms with van der Waals surface area (Å²) in [6, 6.07) is 6.51. The predicted molar refractivity (Wildman–Crippen MR) is 95.9 cm³/mol. The van der Waals surface area contributed by atoms with Crippen LogP contribution in [0.1, 0.15) is 40.6 Å². The molecule has 25 heavy (non-hydrogen) atoms. The highest BCUT2D eigenvalue weighted by atomic mass is 16.5. The Morgan fingerprint density at radius 3 is 2.68 bits per heavy atom. The summed E-state index contributed by atoms with van der Waals surface area (Å²) in [5, 5.41) is 2.70. The highest BCUT2D eigenvalue weighted by Crippen LogP contribution is 2.13. The Morgan fingerprint density at radius 1 is 1.24 bits per heavy atom. The predicted octanol–water partition coefficient (Wildman–Crippen LogP) is 2.75. The second kappa shape index (κ2) is 8.77. The van der Waals surface area contributed by atoms with Crippen LogP contribution >= 0.6 is 0 Å². The molecule has 0 radical (unpaired) electrons. The molecule has 1 aromatic heterocycles. The van der Waals surface area contributed by atoms with Crippen molar-refractivity contribution in [3.8, 4) is 0 Å². The quantitative estimate of drug-likeness (QED) is 0.779. The summed E-state index contributed by atoms with van der Waals surface area (Å²) < 4.78 is 4.67. The number of carbonyl (C=O) groups is 2. The molecule has 1 amide bonds. The maximum absolute atomic E-state index is 12.3. The van der Waals surface area contributed by atoms with Crippen LogP contribution in [0, 0.1) is 0 Å². The molecule has 1 N–H and O–H groups in total. The first-order valence-corrected chi connectivity index (χ1v) is 8.08. The van der Waals surface area contributed by atoms with E-state index in [1.165, 1.54) is 13.3 Å². The Kier molecular flexibility index (Phi) is 6.45. The summed E-state index contributed by atoms with van der Waals surface area (Å²) in [6.07, 6.45) is 5.19. The molecular weight excluding hydrogens is 320 g/mol. The van der Waals surface area contributed by atoms with Crippen LogP contribution in [0.4, 0.5) is 11.5 Å². The van der Waals surface area contributed by atoms with Gasteiger partial charge in [0.25, 0.3) is 5.91 Å². The van der Waals surface area contributed by atoms with E-state index in [2.05, 4.69) is 26.9 Å². The number of esters is 1. The second-order valence-corrected chi connectivity index (χ2v) is 5.56. The Morgan fingerprint density at radius 2 is 2.04 bits per heavy atom. The fraction of sp³-hybridized carbons (Fsp3) is 0.333. The van der Waals surface area contributed by atoms with Crippen molar-refractivity contribution in [2.45, 2.75) is 19.8 Å². The summed E-state index contributed by atoms with van der Waals surface area (Å²) in [5.41, 5.74) is 1.05. The van der Waals surface area contributed by atoms with Gasteiger partial charge in [0.15, 0.2) is 0 Å². The monoisotopic (exact) mass is 342 g/mol. The topological polar surface area (TPSA) is 84.4 Å². The molecular formula is C18H22N4O3. The van der Waals surface area contributed by atoms with E-state index in [4.69, 9.17) is 0 Å². The average Bonchev–Trinajstić information content (AvgIpc) is 2.65. The number of nitrogens with one attached hydrogen (secondary N) is 1. The third kappa shape index (κ3) is 5.00. The minimum Gasteiger partial charge on any atom is -0.465 e. The first-order valence-electron chi connectivity index (χ1n) is 8.08. The summed E-state index contributed by atoms with van der Waals surface area (Å²) in [6.45, 7) is 3.01. The van der Waals surface area contributed by atoms with Gasteiger partial charge in [0.2, 0.25) is 0 Å². The molecule has 0 aliphatic heterocycles. The van der Waals surface area contributed by atoms with Crippen LogP contribution in [0.3, 0.4) is 0 Å². The Balaban J connectivity index is 2.05. The van der Waals surface area contributed by atoms with Gasteiger partial charge in [-0.1, -0.05) is 19.4 Å². The Hall–Kier alpha value is -2.96. The highest BCUT2D eigenvalue weighted by molar-refractivity contribution is 6.03. The van der Waals surface area contributed by atoms with Crippen LogP contribution in [-0.4, -0.2) is 42.5 Å². The van der Waals surface area contributed by atoms with E-state index in [0.29, 0.717) is 11.3 Å². The molecule has 0 fully saturated rings. The number of carbonyl (C=O) groups excluding carboxylic acids is 2. The molecule has 132 valence electrons. The van der Waals surface area contributed by atoms with E-state index in [1.807, 2.05) is 11.9 Å². The van der Waals surface area contributed by atoms with Crippen LogP contribution in [0.25, 0.3) is 0 Å². The number of aromatic nitrogens is 2. The van der Waals surface area contributed by atoms with E-state index in [1.54, 1.807) is 30.5 Å². The minimum absolute atomic E-state index is 0.205. The van der Waals surface area contributed by atoms with Crippen LogP contribution in [-0.2, 0) is 4.74 Å². The first-order chi connectivity index (χ1) is 12.0. The van der Waals surface area contributed by atoms with Gasteiger partial charge >= 0.3 is 5.97 Å². The second-order valence-electron chi connectivity index (χ2n) is 5.56. The van der Waals surface area contributed by atoms with Gasteiger partial charge in [-0.2, -0.15) is 0 Å². The minimum atomic E-state index is -0.463. The van der Waals surface area contributed by atoms with Crippen molar-refractivity contribution < 1.29 is 14.3 Å². The number of hydrogen-bond donors (Lipinski definition) is 1. The number of anilines is 2. The zero-order valence-electron chi connectivity index (χ0n) is 14.7. The Labute approximate surface area is 147 Å². The SMILES string of the molecule is CCCCN(C)c1cnc(C(=O)Nc2cccc(C(=O)OC)c2)cn1. The number of nitrogens with zero attached hydrogens (tertiary/aromatic N) is 3. The van der Waals surface area contributed by atoms with E-state index < -0.39 is 11.9 Å². The van der Waals surface area contributed by atoms with Crippen LogP contribution in [0.2, 0.25) is 0 Å². The first kappa shape index (κ1) is 18.4. The van der Waals surface area contributed by atoms with Gasteiger partial charge in [0.05, 0.1) is 25.1 Å². The van der Waals surface area contributed by atoms with Gasteiger partial charge in [-0.05, 0) is 24.6 Å². The Bertz CT molecular complexity index is 731. The van der Waals surface area contributed by atoms with Crippen molar-refractivity contribution in [3.05, 3.63) is 47.9 Å². The summed E-state index contributed by atoms with van der Waals surface area (Å²) in [4.78, 5) is 34.3. The zero-order valence-corrected chi connectivity index (χ0v) is 14.7. The zero-order chi connectivity index (χ0) is 18.2. The summed E-state index contributed by atoms with van der Waals surface area (Å²) >= 11 is 0. The van der Waals surface area contributed by atoms with Gasteiger partial charge in [0.1, 0.15) is 11.5 Å². The summed E-state index contributed by atoms with van der Waals surface area (Å²) in [5.74, 6) is -0.134. The lowest BCUT2D eigenvalue weighted by Gasteiger charge is -2.17. The van der Waals surface area contributed by atoms with E-state index in [9.17, 15) is 9.59 Å². The molecule has 0 unspecified atom stereocenters. The fourth-order valence-electron chi connectivity index (χ4n) is 2.18. The van der Waals surface area contributed by atoms with Crippen molar-refractivity contribution >= 4 is 23.4 Å². The van der Waals surface area contributed by atoms with E-state index in [0.717, 1.165) is 25.2 Å². The molecule has 1 aromatic carbocycles. The van der Waals surface area contributed by atoms with Crippen LogP contribution < -0.4 is 10.2 Å². The maximum Gasteiger partial charge on any atom is 0.337 e. The molecule has 0 bridgehead atoms. The number of rotatable bonds is 7. The fourth-order valence-corrected chi connectivity index (χ4v) is 2.18. The third-order valence-corrected chi connectivity index (χ3v) is 3.65. The van der Waals surface area contributed by atoms with Gasteiger partial charge in [0, 0.05) is 19.3 Å². The maximum atomic E-state index is 12.3. The van der Waals surface area contributed by atoms with Crippen molar-refractivity contribution in [1.29, 1.82) is 0 Å². The van der Waals surface area contributed by atoms with Gasteiger partial charge < -0.3 is 15.0 Å². The molecule has 0 spiro atoms. The number of amides is 1. The molecule has 0 aliphatic rings. The molecule has 0 saturated carbocycles. The number of unbranched alkanes of at least 4 members (excludes halogenated alkanes) is 1. The van der Waals surface area contributed by atoms with E-state index >= 15 is 0 Å². The lowest BCUT2D eigenvalue weighted by Crippen LogP contribution is -2.21. The smallest absolute Gasteiger partial charge is 0.337 e. The van der Waals surface area contributed by atoms with E-state index in [-0.39, 0.29) is 5.69 Å². The molecule has 7 nitrogen and oxygen atoms in total. The van der Waals surface area contributed by atoms with Crippen molar-refractivity contribution in [1.82, 2.24) is 9.97 Å². The molecule has 0 saturated heterocycles. The average molecular weight is 342 g/mol. The lowest BCUT2D eigenvalue weighted by atomic mass is 10.2. The number of benzene rings is 1. The summed E-state index contributed by atoms with van der Waals surface area (Å²) in [7, 11) is 3.25. The third-order valence-electron chi connectivity index (χ3n) is 3.65. The molecule has 1 heterocycles. The van der Waals surface area contributed by atoms with Crippen LogP contribution in [0.5, 0.6) is 0 Å². The van der Waals surface area contributed by atoms with Gasteiger partial charge in [-0.25, -0.2) is 14.8 Å². The number of hydrogen-bond acceptors (Lipinski definition) is 6. The van der Waals surface area contributed by atoms with Gasteiger partial charge in [-0.15, -0.1) is 0 Å². The molecule has 7 heteroatoms. The molecule has 2 aromatic rings. The molecule has 2 rings (SSSR count). The van der Waals surface area contributed by atoms with Crippen molar-refractivity contribution in [3.63, 3.8) is 0 Å². The van der Waals surface area contributed by atoms with Crippen molar-refractivity contribution in [2.24, 2.45) is 0 Å². The van der Waals surface area contributed by atoms with Crippen molar-refractivity contribution in [2.75, 3.05) is 30.9 Å². The normalized spacial score (nSPS) is 10.2. The standard InChI is InChI=1S/C18H22N4O3/c1-4-5-9-22(2)16-12-19-15(11-20-16)17(23)21-14-8-6-7-13(10-14)18(24)25-3/h6-8,10-12H,4-5,9H2,1-3H3,(H,21,23). The largest absolute Gasteiger partial charge is 0.465 e. The van der Waals surface area contributed by atoms with Gasteiger partial charge in [-0.3, -0.25) is 4.79 Å².